The number of nitrogens with zero attached hydrogens (tertiary/aromatic N) is 2. The molecule has 6 nitrogen and oxygen atoms in total. The molecule has 0 aliphatic heterocycles. The van der Waals surface area contributed by atoms with Gasteiger partial charge >= 0.3 is 0 Å². The van der Waals surface area contributed by atoms with E-state index in [1.54, 1.807) is 6.92 Å². The molecule has 0 aliphatic rings. The van der Waals surface area contributed by atoms with Crippen LogP contribution >= 0.6 is 0 Å². The van der Waals surface area contributed by atoms with Crippen LogP contribution in [-0.4, -0.2) is 27.7 Å². The largest absolute Gasteiger partial charge is 0.391 e. The van der Waals surface area contributed by atoms with Gasteiger partial charge in [0.1, 0.15) is 11.5 Å². The number of anilines is 1. The Balaban J connectivity index is 2.68. The van der Waals surface area contributed by atoms with Crippen LogP contribution < -0.4 is 5.32 Å². The number of nitrogens with one attached hydrogen (secondary N) is 1. The Hall–Kier alpha value is -1.69. The van der Waals surface area contributed by atoms with Gasteiger partial charge in [-0.3, -0.25) is 10.1 Å². The average molecular weight is 239 g/mol. The van der Waals surface area contributed by atoms with Crippen LogP contribution in [0.15, 0.2) is 12.1 Å². The van der Waals surface area contributed by atoms with Gasteiger partial charge in [-0.2, -0.15) is 0 Å². The van der Waals surface area contributed by atoms with E-state index < -0.39 is 11.0 Å². The summed E-state index contributed by atoms with van der Waals surface area (Å²) in [6, 6.07) is 2.95. The van der Waals surface area contributed by atoms with E-state index >= 15 is 0 Å². The first kappa shape index (κ1) is 13.4. The Morgan fingerprint density at radius 2 is 2.18 bits per heavy atom. The lowest BCUT2D eigenvalue weighted by atomic mass is 10.1. The second-order valence-corrected chi connectivity index (χ2v) is 4.25. The van der Waals surface area contributed by atoms with E-state index in [-0.39, 0.29) is 11.6 Å². The van der Waals surface area contributed by atoms with Gasteiger partial charge in [-0.25, -0.2) is 4.98 Å². The molecule has 0 saturated carbocycles. The number of hydrogen-bond acceptors (Lipinski definition) is 5. The van der Waals surface area contributed by atoms with Gasteiger partial charge in [0.25, 0.3) is 5.69 Å². The maximum absolute atomic E-state index is 10.6. The number of aliphatic hydroxyl groups is 1. The summed E-state index contributed by atoms with van der Waals surface area (Å²) in [5.74, 6) is 0.689. The zero-order valence-corrected chi connectivity index (χ0v) is 10.2. The molecule has 17 heavy (non-hydrogen) atoms. The molecule has 6 heteroatoms. The minimum absolute atomic E-state index is 0.0000388. The fourth-order valence-electron chi connectivity index (χ4n) is 1.29. The molecule has 0 spiro atoms. The maximum Gasteiger partial charge on any atom is 0.290 e. The van der Waals surface area contributed by atoms with Crippen molar-refractivity contribution >= 4 is 11.5 Å². The third-order valence-corrected chi connectivity index (χ3v) is 2.52. The van der Waals surface area contributed by atoms with E-state index in [1.807, 2.05) is 13.8 Å². The summed E-state index contributed by atoms with van der Waals surface area (Å²) in [6.07, 6.45) is -0.465. The highest BCUT2D eigenvalue weighted by Crippen LogP contribution is 2.17. The molecule has 1 atom stereocenters. The maximum atomic E-state index is 10.6. The molecule has 0 aliphatic carbocycles. The summed E-state index contributed by atoms with van der Waals surface area (Å²) in [4.78, 5) is 14.2. The minimum atomic E-state index is -0.465. The van der Waals surface area contributed by atoms with Gasteiger partial charge in [-0.05, 0) is 18.9 Å². The van der Waals surface area contributed by atoms with Gasteiger partial charge in [0.05, 0.1) is 11.0 Å². The molecule has 1 aromatic rings. The van der Waals surface area contributed by atoms with Crippen molar-refractivity contribution < 1.29 is 10.0 Å². The molecule has 0 fully saturated rings. The van der Waals surface area contributed by atoms with E-state index in [0.717, 1.165) is 0 Å². The van der Waals surface area contributed by atoms with Gasteiger partial charge in [0.15, 0.2) is 0 Å². The van der Waals surface area contributed by atoms with Crippen molar-refractivity contribution in [1.29, 1.82) is 0 Å². The Bertz CT molecular complexity index is 407. The lowest BCUT2D eigenvalue weighted by molar-refractivity contribution is -0.385. The molecule has 2 N–H and O–H groups in total. The lowest BCUT2D eigenvalue weighted by Gasteiger charge is -2.15. The minimum Gasteiger partial charge on any atom is -0.391 e. The second-order valence-electron chi connectivity index (χ2n) is 4.25. The molecule has 0 saturated heterocycles. The predicted octanol–water partition coefficient (Wildman–Crippen LogP) is 1.73. The third-order valence-electron chi connectivity index (χ3n) is 2.52. The standard InChI is InChI=1S/C11H17N3O3/c1-7(2)10(15)6-12-11-5-4-9(14(16)17)8(3)13-11/h4-5,7,10,15H,6H2,1-3H3,(H,12,13). The molecule has 1 unspecified atom stereocenters. The SMILES string of the molecule is Cc1nc(NCC(O)C(C)C)ccc1[N+](=O)[O-]. The fourth-order valence-corrected chi connectivity index (χ4v) is 1.29. The van der Waals surface area contributed by atoms with Gasteiger partial charge < -0.3 is 10.4 Å². The summed E-state index contributed by atoms with van der Waals surface area (Å²) < 4.78 is 0. The van der Waals surface area contributed by atoms with Crippen LogP contribution in [0.5, 0.6) is 0 Å². The Kier molecular flexibility index (Phi) is 4.39. The van der Waals surface area contributed by atoms with Crippen molar-refractivity contribution in [2.75, 3.05) is 11.9 Å². The summed E-state index contributed by atoms with van der Waals surface area (Å²) in [7, 11) is 0. The van der Waals surface area contributed by atoms with Crippen LogP contribution in [0.25, 0.3) is 0 Å². The molecular weight excluding hydrogens is 222 g/mol. The summed E-state index contributed by atoms with van der Waals surface area (Å²) in [5.41, 5.74) is 0.360. The normalized spacial score (nSPS) is 12.5. The van der Waals surface area contributed by atoms with E-state index in [0.29, 0.717) is 18.1 Å². The first-order valence-corrected chi connectivity index (χ1v) is 5.45. The molecule has 1 aromatic heterocycles. The highest BCUT2D eigenvalue weighted by Gasteiger charge is 2.13. The van der Waals surface area contributed by atoms with Crippen molar-refractivity contribution in [2.24, 2.45) is 5.92 Å². The molecule has 1 heterocycles. The summed E-state index contributed by atoms with van der Waals surface area (Å²) in [6.45, 7) is 5.80. The van der Waals surface area contributed by atoms with Crippen molar-refractivity contribution in [3.05, 3.63) is 27.9 Å². The quantitative estimate of drug-likeness (QED) is 0.603. The topological polar surface area (TPSA) is 88.3 Å². The lowest BCUT2D eigenvalue weighted by Crippen LogP contribution is -2.25. The van der Waals surface area contributed by atoms with Gasteiger partial charge in [0.2, 0.25) is 0 Å². The van der Waals surface area contributed by atoms with Gasteiger partial charge in [0, 0.05) is 12.6 Å². The number of aliphatic hydroxyl groups excluding tert-OH is 1. The van der Waals surface area contributed by atoms with Gasteiger partial charge in [-0.15, -0.1) is 0 Å². The zero-order chi connectivity index (χ0) is 13.0. The van der Waals surface area contributed by atoms with Crippen molar-refractivity contribution in [3.8, 4) is 0 Å². The first-order chi connectivity index (χ1) is 7.91. The average Bonchev–Trinajstić information content (AvgIpc) is 2.25. The smallest absolute Gasteiger partial charge is 0.290 e. The highest BCUT2D eigenvalue weighted by atomic mass is 16.6. The van der Waals surface area contributed by atoms with Crippen LogP contribution in [0.1, 0.15) is 19.5 Å². The molecule has 94 valence electrons. The first-order valence-electron chi connectivity index (χ1n) is 5.45. The van der Waals surface area contributed by atoms with Crippen LogP contribution in [0, 0.1) is 23.0 Å². The highest BCUT2D eigenvalue weighted by molar-refractivity contribution is 5.44. The van der Waals surface area contributed by atoms with Crippen molar-refractivity contribution in [2.45, 2.75) is 26.9 Å². The van der Waals surface area contributed by atoms with E-state index in [9.17, 15) is 15.2 Å². The molecular formula is C11H17N3O3. The molecule has 0 aromatic carbocycles. The number of aryl methyl sites for hydroxylation is 1. The summed E-state index contributed by atoms with van der Waals surface area (Å²) >= 11 is 0. The van der Waals surface area contributed by atoms with E-state index in [2.05, 4.69) is 10.3 Å². The second kappa shape index (κ2) is 5.58. The van der Waals surface area contributed by atoms with Crippen LogP contribution in [-0.2, 0) is 0 Å². The molecule has 1 rings (SSSR count). The van der Waals surface area contributed by atoms with E-state index in [1.165, 1.54) is 12.1 Å². The van der Waals surface area contributed by atoms with Crippen LogP contribution in [0.3, 0.4) is 0 Å². The van der Waals surface area contributed by atoms with Crippen molar-refractivity contribution in [3.63, 3.8) is 0 Å². The Labute approximate surface area is 99.8 Å². The molecule has 0 radical (unpaired) electrons. The Morgan fingerprint density at radius 3 is 2.65 bits per heavy atom. The van der Waals surface area contributed by atoms with Gasteiger partial charge in [-0.1, -0.05) is 13.8 Å². The predicted molar refractivity (Wildman–Crippen MR) is 65.0 cm³/mol. The third kappa shape index (κ3) is 3.67. The number of rotatable bonds is 5. The zero-order valence-electron chi connectivity index (χ0n) is 10.2. The molecule has 0 amide bonds. The number of aromatic nitrogens is 1. The number of pyridine rings is 1. The number of hydrogen-bond donors (Lipinski definition) is 2. The monoisotopic (exact) mass is 239 g/mol. The van der Waals surface area contributed by atoms with E-state index in [4.69, 9.17) is 0 Å². The van der Waals surface area contributed by atoms with Crippen molar-refractivity contribution in [1.82, 2.24) is 4.98 Å². The molecule has 0 bridgehead atoms. The summed E-state index contributed by atoms with van der Waals surface area (Å²) in [5, 5.41) is 23.1. The van der Waals surface area contributed by atoms with Crippen LogP contribution in [0.4, 0.5) is 11.5 Å². The Morgan fingerprint density at radius 1 is 1.53 bits per heavy atom. The number of nitro groups is 1. The van der Waals surface area contributed by atoms with Crippen LogP contribution in [0.2, 0.25) is 0 Å². The fraction of sp³-hybridized carbons (Fsp3) is 0.545.